The van der Waals surface area contributed by atoms with Gasteiger partial charge in [0.2, 0.25) is 0 Å². The van der Waals surface area contributed by atoms with Crippen LogP contribution in [0.1, 0.15) is 63.5 Å². The zero-order valence-corrected chi connectivity index (χ0v) is 30.4. The van der Waals surface area contributed by atoms with Gasteiger partial charge in [-0.1, -0.05) is 111 Å². The van der Waals surface area contributed by atoms with E-state index in [0.29, 0.717) is 23.0 Å². The summed E-state index contributed by atoms with van der Waals surface area (Å²) in [4.78, 5) is 17.0. The van der Waals surface area contributed by atoms with Crippen LogP contribution in [-0.2, 0) is 5.41 Å². The Kier molecular flexibility index (Phi) is 8.40. The second-order valence-corrected chi connectivity index (χ2v) is 16.1. The first-order valence-corrected chi connectivity index (χ1v) is 19.3. The van der Waals surface area contributed by atoms with Gasteiger partial charge in [-0.15, -0.1) is 0 Å². The molecule has 5 aromatic carbocycles. The number of fused-ring (bicyclic) bond motifs is 4. The number of rotatable bonds is 6. The molecule has 4 atom stereocenters. The molecule has 2 heterocycles. The summed E-state index contributed by atoms with van der Waals surface area (Å²) in [6.07, 6.45) is 7.93. The predicted molar refractivity (Wildman–Crippen MR) is 208 cm³/mol. The lowest BCUT2D eigenvalue weighted by Crippen LogP contribution is -2.42. The van der Waals surface area contributed by atoms with Crippen molar-refractivity contribution in [2.75, 3.05) is 0 Å². The molecule has 0 amide bonds. The number of ether oxygens (including phenoxy) is 1. The SMILES string of the molecule is CC[C@@H]1C[C@@H]2C[C@H](C)CC(c3ccc(-c4ccc(-c5nc(-c6ccccc6)nc(-c6ccc7c(c6)Sc6ccccc6O7)n5)cc4C#N)cc3)(C1)C2. The zero-order valence-electron chi connectivity index (χ0n) is 29.5. The highest BCUT2D eigenvalue weighted by Crippen LogP contribution is 2.55. The van der Waals surface area contributed by atoms with Crippen molar-refractivity contribution >= 4 is 11.8 Å². The minimum atomic E-state index is 0.281. The lowest BCUT2D eigenvalue weighted by molar-refractivity contribution is 0.0702. The molecule has 2 saturated carbocycles. The molecule has 0 N–H and O–H groups in total. The Morgan fingerprint density at radius 1 is 0.692 bits per heavy atom. The number of hydrogen-bond acceptors (Lipinski definition) is 6. The van der Waals surface area contributed by atoms with Gasteiger partial charge in [-0.3, -0.25) is 0 Å². The molecule has 6 aromatic rings. The molecule has 6 heteroatoms. The predicted octanol–water partition coefficient (Wildman–Crippen LogP) is 12.2. The van der Waals surface area contributed by atoms with E-state index in [0.717, 1.165) is 66.9 Å². The molecule has 1 aliphatic heterocycles. The maximum atomic E-state index is 10.4. The van der Waals surface area contributed by atoms with Crippen molar-refractivity contribution in [3.8, 4) is 62.9 Å². The van der Waals surface area contributed by atoms with Crippen molar-refractivity contribution in [2.45, 2.75) is 67.6 Å². The van der Waals surface area contributed by atoms with Crippen LogP contribution >= 0.6 is 11.8 Å². The molecule has 0 radical (unpaired) electrons. The molecular weight excluding hydrogens is 657 g/mol. The lowest BCUT2D eigenvalue weighted by Gasteiger charge is -2.51. The second-order valence-electron chi connectivity index (χ2n) is 15.0. The Labute approximate surface area is 310 Å². The Morgan fingerprint density at radius 3 is 2.13 bits per heavy atom. The number of para-hydroxylation sites is 1. The van der Waals surface area contributed by atoms with Gasteiger partial charge in [0.1, 0.15) is 11.5 Å². The van der Waals surface area contributed by atoms with Crippen molar-refractivity contribution in [3.63, 3.8) is 0 Å². The van der Waals surface area contributed by atoms with Crippen LogP contribution in [0.15, 0.2) is 125 Å². The summed E-state index contributed by atoms with van der Waals surface area (Å²) in [5, 5.41) is 10.4. The van der Waals surface area contributed by atoms with Crippen molar-refractivity contribution in [1.29, 1.82) is 5.26 Å². The van der Waals surface area contributed by atoms with Crippen molar-refractivity contribution < 1.29 is 4.74 Å². The number of nitriles is 1. The maximum Gasteiger partial charge on any atom is 0.164 e. The fraction of sp³-hybridized carbons (Fsp3) is 0.261. The van der Waals surface area contributed by atoms with E-state index in [1.807, 2.05) is 78.9 Å². The first-order chi connectivity index (χ1) is 25.5. The van der Waals surface area contributed by atoms with Crippen LogP contribution < -0.4 is 4.74 Å². The van der Waals surface area contributed by atoms with Crippen LogP contribution in [-0.4, -0.2) is 15.0 Å². The Morgan fingerprint density at radius 2 is 1.37 bits per heavy atom. The summed E-state index contributed by atoms with van der Waals surface area (Å²) in [6.45, 7) is 4.81. The van der Waals surface area contributed by atoms with Crippen LogP contribution in [0.3, 0.4) is 0 Å². The van der Waals surface area contributed by atoms with E-state index in [9.17, 15) is 5.26 Å². The summed E-state index contributed by atoms with van der Waals surface area (Å²) < 4.78 is 6.19. The number of nitrogens with zero attached hydrogens (tertiary/aromatic N) is 4. The maximum absolute atomic E-state index is 10.4. The molecule has 5 nitrogen and oxygen atoms in total. The van der Waals surface area contributed by atoms with Gasteiger partial charge in [-0.25, -0.2) is 15.0 Å². The third-order valence-corrected chi connectivity index (χ3v) is 12.5. The fourth-order valence-corrected chi connectivity index (χ4v) is 10.2. The molecule has 0 spiro atoms. The largest absolute Gasteiger partial charge is 0.455 e. The minimum absolute atomic E-state index is 0.281. The minimum Gasteiger partial charge on any atom is -0.455 e. The van der Waals surface area contributed by atoms with Crippen LogP contribution in [0.2, 0.25) is 0 Å². The quantitative estimate of drug-likeness (QED) is 0.172. The molecule has 1 unspecified atom stereocenters. The molecule has 9 rings (SSSR count). The van der Waals surface area contributed by atoms with Crippen molar-refractivity contribution in [3.05, 3.63) is 126 Å². The van der Waals surface area contributed by atoms with Gasteiger partial charge in [0, 0.05) is 16.7 Å². The number of aromatic nitrogens is 3. The van der Waals surface area contributed by atoms with E-state index in [1.54, 1.807) is 11.8 Å². The van der Waals surface area contributed by atoms with Crippen LogP contribution in [0.4, 0.5) is 0 Å². The van der Waals surface area contributed by atoms with Crippen LogP contribution in [0, 0.1) is 29.1 Å². The molecule has 0 saturated heterocycles. The second kappa shape index (κ2) is 13.4. The van der Waals surface area contributed by atoms with E-state index in [2.05, 4.69) is 56.3 Å². The van der Waals surface area contributed by atoms with E-state index >= 15 is 0 Å². The summed E-state index contributed by atoms with van der Waals surface area (Å²) in [7, 11) is 0. The monoisotopic (exact) mass is 696 g/mol. The standard InChI is InChI=1S/C46H40N4OS/c1-3-30-22-31-21-29(2)25-46(26-30,27-31)37-17-13-32(14-18-37)38-19-15-34(23-36(38)28-47)44-48-43(33-9-5-4-6-10-33)49-45(50-44)35-16-20-40-42(24-35)52-41-12-8-7-11-39(41)51-40/h4-20,23-24,29-31H,3,21-22,25-27H2,1-2H3/t29-,30+,31-,46?/m0/s1. The summed E-state index contributed by atoms with van der Waals surface area (Å²) in [5.74, 6) is 5.78. The first-order valence-electron chi connectivity index (χ1n) is 18.5. The molecule has 3 aliphatic rings. The average Bonchev–Trinajstić information content (AvgIpc) is 3.19. The average molecular weight is 697 g/mol. The van der Waals surface area contributed by atoms with Crippen molar-refractivity contribution in [1.82, 2.24) is 15.0 Å². The highest BCUT2D eigenvalue weighted by atomic mass is 32.2. The molecule has 52 heavy (non-hydrogen) atoms. The van der Waals surface area contributed by atoms with Crippen LogP contribution in [0.5, 0.6) is 11.5 Å². The fourth-order valence-electron chi connectivity index (χ4n) is 9.21. The molecular formula is C46H40N4OS. The van der Waals surface area contributed by atoms with Gasteiger partial charge in [-0.05, 0) is 108 Å². The Balaban J connectivity index is 1.06. The Hall–Kier alpha value is -5.25. The first kappa shape index (κ1) is 32.6. The highest BCUT2D eigenvalue weighted by Gasteiger charge is 2.45. The van der Waals surface area contributed by atoms with Gasteiger partial charge in [0.15, 0.2) is 17.5 Å². The normalized spacial score (nSPS) is 21.7. The van der Waals surface area contributed by atoms with E-state index in [1.165, 1.54) is 44.1 Å². The lowest BCUT2D eigenvalue weighted by atomic mass is 9.54. The molecule has 1 aromatic heterocycles. The third kappa shape index (κ3) is 6.07. The van der Waals surface area contributed by atoms with Gasteiger partial charge in [0.05, 0.1) is 21.4 Å². The molecule has 2 aliphatic carbocycles. The van der Waals surface area contributed by atoms with Gasteiger partial charge in [-0.2, -0.15) is 5.26 Å². The number of hydrogen-bond donors (Lipinski definition) is 0. The smallest absolute Gasteiger partial charge is 0.164 e. The van der Waals surface area contributed by atoms with Crippen molar-refractivity contribution in [2.24, 2.45) is 17.8 Å². The van der Waals surface area contributed by atoms with Gasteiger partial charge < -0.3 is 4.74 Å². The van der Waals surface area contributed by atoms with Gasteiger partial charge in [0.25, 0.3) is 0 Å². The molecule has 256 valence electrons. The molecule has 2 bridgehead atoms. The number of benzene rings is 5. The Bertz CT molecular complexity index is 2330. The van der Waals surface area contributed by atoms with E-state index in [4.69, 9.17) is 19.7 Å². The van der Waals surface area contributed by atoms with E-state index < -0.39 is 0 Å². The zero-order chi connectivity index (χ0) is 35.2. The molecule has 2 fully saturated rings. The summed E-state index contributed by atoms with van der Waals surface area (Å²) in [5.41, 5.74) is 6.88. The van der Waals surface area contributed by atoms with E-state index in [-0.39, 0.29) is 5.41 Å². The highest BCUT2D eigenvalue weighted by molar-refractivity contribution is 7.99. The van der Waals surface area contributed by atoms with Crippen LogP contribution in [0.25, 0.3) is 45.3 Å². The van der Waals surface area contributed by atoms with Gasteiger partial charge >= 0.3 is 0 Å². The topological polar surface area (TPSA) is 71.7 Å². The summed E-state index contributed by atoms with van der Waals surface area (Å²) in [6, 6.07) is 41.7. The summed E-state index contributed by atoms with van der Waals surface area (Å²) >= 11 is 1.68. The third-order valence-electron chi connectivity index (χ3n) is 11.4.